The molecule has 0 aromatic heterocycles. The van der Waals surface area contributed by atoms with Crippen molar-refractivity contribution in [1.82, 2.24) is 5.32 Å². The normalized spacial score (nSPS) is 17.9. The van der Waals surface area contributed by atoms with Gasteiger partial charge in [-0.1, -0.05) is 47.5 Å². The minimum Gasteiger partial charge on any atom is -0.386 e. The highest BCUT2D eigenvalue weighted by atomic mass is 35.5. The largest absolute Gasteiger partial charge is 0.386 e. The molecule has 0 radical (unpaired) electrons. The lowest BCUT2D eigenvalue weighted by Gasteiger charge is -2.32. The lowest BCUT2D eigenvalue weighted by atomic mass is 9.94. The summed E-state index contributed by atoms with van der Waals surface area (Å²) in [5, 5.41) is 15.0. The van der Waals surface area contributed by atoms with Gasteiger partial charge in [-0.15, -0.1) is 0 Å². The van der Waals surface area contributed by atoms with Gasteiger partial charge in [-0.05, 0) is 63.3 Å². The van der Waals surface area contributed by atoms with Crippen molar-refractivity contribution in [2.45, 2.75) is 56.5 Å². The van der Waals surface area contributed by atoms with Crippen LogP contribution in [0, 0.1) is 11.7 Å². The molecular weight excluding hydrogens is 460 g/mol. The van der Waals surface area contributed by atoms with E-state index in [1.165, 1.54) is 12.1 Å². The Morgan fingerprint density at radius 3 is 2.29 bits per heavy atom. The lowest BCUT2D eigenvalue weighted by Crippen LogP contribution is -2.45. The van der Waals surface area contributed by atoms with Crippen molar-refractivity contribution in [2.24, 2.45) is 5.92 Å². The molecule has 1 aliphatic carbocycles. The number of benzene rings is 2. The van der Waals surface area contributed by atoms with Crippen LogP contribution in [-0.4, -0.2) is 30.1 Å². The van der Waals surface area contributed by atoms with Crippen molar-refractivity contribution in [3.05, 3.63) is 69.5 Å². The van der Waals surface area contributed by atoms with Crippen LogP contribution >= 0.6 is 23.2 Å². The van der Waals surface area contributed by atoms with Gasteiger partial charge in [0.05, 0.1) is 21.6 Å². The lowest BCUT2D eigenvalue weighted by molar-refractivity contribution is 0.117. The van der Waals surface area contributed by atoms with Gasteiger partial charge in [0.1, 0.15) is 11.9 Å². The van der Waals surface area contributed by atoms with Crippen LogP contribution in [0.3, 0.4) is 0 Å². The molecule has 1 fully saturated rings. The van der Waals surface area contributed by atoms with Gasteiger partial charge >= 0.3 is 0 Å². The van der Waals surface area contributed by atoms with E-state index in [1.807, 2.05) is 0 Å². The summed E-state index contributed by atoms with van der Waals surface area (Å²) < 4.78 is 39.6. The number of rotatable bonds is 8. The fraction of sp³-hybridized carbons (Fsp3) is 0.478. The second-order valence-corrected chi connectivity index (χ2v) is 12.8. The van der Waals surface area contributed by atoms with Crippen LogP contribution in [0.15, 0.2) is 42.5 Å². The summed E-state index contributed by atoms with van der Waals surface area (Å²) in [5.74, 6) is -0.568. The van der Waals surface area contributed by atoms with Crippen LogP contribution in [0.4, 0.5) is 4.39 Å². The van der Waals surface area contributed by atoms with Crippen LogP contribution in [0.1, 0.15) is 56.9 Å². The van der Waals surface area contributed by atoms with E-state index in [1.54, 1.807) is 51.1 Å². The van der Waals surface area contributed by atoms with E-state index < -0.39 is 32.5 Å². The van der Waals surface area contributed by atoms with E-state index in [-0.39, 0.29) is 28.3 Å². The SMILES string of the molecule is CC(C)(C)S(=O)(=O)C[C@@H](N[C@H](c1ccc(Cl)cc1)[C@H](O)c1cccc(Cl)c1F)C1CC1. The highest BCUT2D eigenvalue weighted by Gasteiger charge is 2.40. The molecule has 31 heavy (non-hydrogen) atoms. The molecule has 1 saturated carbocycles. The first kappa shape index (κ1) is 24.5. The van der Waals surface area contributed by atoms with E-state index >= 15 is 0 Å². The molecule has 2 aromatic rings. The van der Waals surface area contributed by atoms with Crippen LogP contribution in [0.5, 0.6) is 0 Å². The number of sulfone groups is 1. The number of aliphatic hydroxyl groups excluding tert-OH is 1. The predicted octanol–water partition coefficient (Wildman–Crippen LogP) is 5.49. The van der Waals surface area contributed by atoms with E-state index in [4.69, 9.17) is 23.2 Å². The van der Waals surface area contributed by atoms with Gasteiger partial charge in [0.2, 0.25) is 0 Å². The maximum Gasteiger partial charge on any atom is 0.156 e. The number of hydrogen-bond donors (Lipinski definition) is 2. The van der Waals surface area contributed by atoms with Gasteiger partial charge < -0.3 is 10.4 Å². The fourth-order valence-corrected chi connectivity index (χ4v) is 5.15. The summed E-state index contributed by atoms with van der Waals surface area (Å²) in [6, 6.07) is 10.2. The van der Waals surface area contributed by atoms with Crippen LogP contribution < -0.4 is 5.32 Å². The van der Waals surface area contributed by atoms with Crippen LogP contribution in [0.2, 0.25) is 10.0 Å². The molecule has 0 amide bonds. The second kappa shape index (κ2) is 9.36. The maximum atomic E-state index is 14.7. The molecule has 8 heteroatoms. The maximum absolute atomic E-state index is 14.7. The summed E-state index contributed by atoms with van der Waals surface area (Å²) in [7, 11) is -3.40. The van der Waals surface area contributed by atoms with E-state index in [2.05, 4.69) is 5.32 Å². The molecule has 0 saturated heterocycles. The molecule has 3 atom stereocenters. The summed E-state index contributed by atoms with van der Waals surface area (Å²) in [5.41, 5.74) is 0.725. The average molecular weight is 488 g/mol. The summed E-state index contributed by atoms with van der Waals surface area (Å²) in [6.45, 7) is 5.04. The van der Waals surface area contributed by atoms with Crippen molar-refractivity contribution in [3.63, 3.8) is 0 Å². The standard InChI is InChI=1S/C23H28Cl2FNO3S/c1-23(2,3)31(29,30)13-19(14-7-8-14)27-21(15-9-11-16(24)12-10-15)22(28)17-5-4-6-18(25)20(17)26/h4-6,9-12,14,19,21-22,27-28H,7-8,13H2,1-3H3/t19-,21-,22-/m1/s1. The first-order chi connectivity index (χ1) is 14.4. The van der Waals surface area contributed by atoms with Crippen molar-refractivity contribution in [3.8, 4) is 0 Å². The fourth-order valence-electron chi connectivity index (χ4n) is 3.50. The van der Waals surface area contributed by atoms with Crippen LogP contribution in [0.25, 0.3) is 0 Å². The average Bonchev–Trinajstić information content (AvgIpc) is 3.52. The van der Waals surface area contributed by atoms with Crippen molar-refractivity contribution in [2.75, 3.05) is 5.75 Å². The Morgan fingerprint density at radius 2 is 1.74 bits per heavy atom. The highest BCUT2D eigenvalue weighted by molar-refractivity contribution is 7.92. The molecule has 3 rings (SSSR count). The minimum absolute atomic E-state index is 0.0492. The van der Waals surface area contributed by atoms with Gasteiger partial charge in [0, 0.05) is 16.6 Å². The van der Waals surface area contributed by atoms with Crippen molar-refractivity contribution >= 4 is 33.0 Å². The predicted molar refractivity (Wildman–Crippen MR) is 124 cm³/mol. The zero-order chi connectivity index (χ0) is 23.0. The quantitative estimate of drug-likeness (QED) is 0.516. The van der Waals surface area contributed by atoms with Crippen LogP contribution in [-0.2, 0) is 9.84 Å². The Balaban J connectivity index is 1.97. The molecule has 0 heterocycles. The second-order valence-electron chi connectivity index (χ2n) is 9.12. The Labute approximate surface area is 193 Å². The number of nitrogens with one attached hydrogen (secondary N) is 1. The molecule has 2 N–H and O–H groups in total. The zero-order valence-electron chi connectivity index (χ0n) is 17.8. The molecule has 1 aliphatic rings. The van der Waals surface area contributed by atoms with Crippen molar-refractivity contribution < 1.29 is 17.9 Å². The van der Waals surface area contributed by atoms with Gasteiger partial charge in [-0.25, -0.2) is 12.8 Å². The third-order valence-corrected chi connectivity index (χ3v) is 8.97. The summed E-state index contributed by atoms with van der Waals surface area (Å²) in [6.07, 6.45) is 0.539. The molecule has 170 valence electrons. The summed E-state index contributed by atoms with van der Waals surface area (Å²) >= 11 is 12.0. The van der Waals surface area contributed by atoms with Gasteiger partial charge in [0.15, 0.2) is 9.84 Å². The van der Waals surface area contributed by atoms with Gasteiger partial charge in [-0.2, -0.15) is 0 Å². The molecule has 0 spiro atoms. The highest BCUT2D eigenvalue weighted by Crippen LogP contribution is 2.39. The molecule has 0 aliphatic heterocycles. The molecule has 0 bridgehead atoms. The Hall–Kier alpha value is -1.18. The smallest absolute Gasteiger partial charge is 0.156 e. The Bertz CT molecular complexity index is 1020. The number of aliphatic hydroxyl groups is 1. The monoisotopic (exact) mass is 487 g/mol. The Kier molecular flexibility index (Phi) is 7.38. The third kappa shape index (κ3) is 5.79. The van der Waals surface area contributed by atoms with E-state index in [0.29, 0.717) is 10.6 Å². The zero-order valence-corrected chi connectivity index (χ0v) is 20.1. The third-order valence-electron chi connectivity index (χ3n) is 5.76. The minimum atomic E-state index is -3.40. The number of hydrogen-bond acceptors (Lipinski definition) is 4. The first-order valence-electron chi connectivity index (χ1n) is 10.3. The molecular formula is C23H28Cl2FNO3S. The summed E-state index contributed by atoms with van der Waals surface area (Å²) in [4.78, 5) is 0. The first-order valence-corrected chi connectivity index (χ1v) is 12.7. The van der Waals surface area contributed by atoms with E-state index in [0.717, 1.165) is 12.8 Å². The number of halogens is 3. The van der Waals surface area contributed by atoms with Crippen molar-refractivity contribution in [1.29, 1.82) is 0 Å². The molecule has 0 unspecified atom stereocenters. The Morgan fingerprint density at radius 1 is 1.13 bits per heavy atom. The topological polar surface area (TPSA) is 66.4 Å². The molecule has 2 aromatic carbocycles. The van der Waals surface area contributed by atoms with Gasteiger partial charge in [0.25, 0.3) is 0 Å². The van der Waals surface area contributed by atoms with E-state index in [9.17, 15) is 17.9 Å². The molecule has 4 nitrogen and oxygen atoms in total. The van der Waals surface area contributed by atoms with Gasteiger partial charge in [-0.3, -0.25) is 0 Å².